The van der Waals surface area contributed by atoms with Gasteiger partial charge in [-0.15, -0.1) is 22.9 Å². The molecule has 1 aromatic carbocycles. The number of alkyl halides is 1. The van der Waals surface area contributed by atoms with E-state index in [1.54, 1.807) is 11.3 Å². The van der Waals surface area contributed by atoms with Gasteiger partial charge in [-0.3, -0.25) is 0 Å². The molecular weight excluding hydrogens is 247 g/mol. The molecule has 2 rings (SSSR count). The molecular formula is C12H10Cl2S. The monoisotopic (exact) mass is 256 g/mol. The van der Waals surface area contributed by atoms with E-state index in [2.05, 4.69) is 6.92 Å². The minimum atomic E-state index is -0.0938. The van der Waals surface area contributed by atoms with Crippen LogP contribution in [0, 0.1) is 6.92 Å². The van der Waals surface area contributed by atoms with Crippen molar-refractivity contribution in [1.29, 1.82) is 0 Å². The second-order valence-corrected chi connectivity index (χ2v) is 5.23. The first-order valence-electron chi connectivity index (χ1n) is 4.62. The summed E-state index contributed by atoms with van der Waals surface area (Å²) in [7, 11) is 0. The van der Waals surface area contributed by atoms with E-state index < -0.39 is 0 Å². The predicted octanol–water partition coefficient (Wildman–Crippen LogP) is 5.04. The van der Waals surface area contributed by atoms with Gasteiger partial charge in [-0.2, -0.15) is 0 Å². The van der Waals surface area contributed by atoms with Crippen molar-refractivity contribution in [2.45, 2.75) is 12.3 Å². The zero-order chi connectivity index (χ0) is 10.8. The van der Waals surface area contributed by atoms with Crippen molar-refractivity contribution < 1.29 is 0 Å². The van der Waals surface area contributed by atoms with Crippen LogP contribution >= 0.6 is 34.5 Å². The highest BCUT2D eigenvalue weighted by Crippen LogP contribution is 2.34. The molecule has 0 aliphatic heterocycles. The van der Waals surface area contributed by atoms with Gasteiger partial charge in [0.25, 0.3) is 0 Å². The maximum atomic E-state index is 6.40. The van der Waals surface area contributed by atoms with Gasteiger partial charge in [0.1, 0.15) is 0 Å². The van der Waals surface area contributed by atoms with Gasteiger partial charge in [-0.05, 0) is 41.6 Å². The Morgan fingerprint density at radius 2 is 2.07 bits per heavy atom. The molecule has 0 N–H and O–H groups in total. The van der Waals surface area contributed by atoms with Gasteiger partial charge in [-0.25, -0.2) is 0 Å². The fourth-order valence-corrected chi connectivity index (χ4v) is 2.83. The lowest BCUT2D eigenvalue weighted by Gasteiger charge is -2.11. The summed E-state index contributed by atoms with van der Waals surface area (Å²) in [5, 5.41) is 2.67. The number of thiophene rings is 1. The fourth-order valence-electron chi connectivity index (χ4n) is 1.47. The molecule has 0 fully saturated rings. The summed E-state index contributed by atoms with van der Waals surface area (Å²) in [6.07, 6.45) is 0. The minimum Gasteiger partial charge on any atom is -0.147 e. The third kappa shape index (κ3) is 2.36. The van der Waals surface area contributed by atoms with Gasteiger partial charge >= 0.3 is 0 Å². The Morgan fingerprint density at radius 1 is 1.27 bits per heavy atom. The molecule has 0 spiro atoms. The normalized spacial score (nSPS) is 12.7. The molecule has 0 nitrogen and oxygen atoms in total. The second kappa shape index (κ2) is 4.56. The van der Waals surface area contributed by atoms with E-state index in [4.69, 9.17) is 23.2 Å². The van der Waals surface area contributed by atoms with Crippen molar-refractivity contribution in [3.8, 4) is 0 Å². The molecule has 1 atom stereocenters. The molecule has 0 saturated carbocycles. The zero-order valence-electron chi connectivity index (χ0n) is 8.21. The lowest BCUT2D eigenvalue weighted by Crippen LogP contribution is -1.93. The Balaban J connectivity index is 2.41. The van der Waals surface area contributed by atoms with Crippen LogP contribution in [0.1, 0.15) is 21.4 Å². The van der Waals surface area contributed by atoms with Crippen molar-refractivity contribution in [2.24, 2.45) is 0 Å². The molecule has 0 aliphatic carbocycles. The molecule has 0 bridgehead atoms. The van der Waals surface area contributed by atoms with E-state index >= 15 is 0 Å². The molecule has 1 aromatic heterocycles. The first kappa shape index (κ1) is 11.0. The van der Waals surface area contributed by atoms with Crippen LogP contribution in [0.2, 0.25) is 5.02 Å². The van der Waals surface area contributed by atoms with Crippen LogP contribution in [-0.4, -0.2) is 0 Å². The molecule has 78 valence electrons. The number of aryl methyl sites for hydroxylation is 1. The number of benzene rings is 1. The molecule has 0 saturated heterocycles. The highest BCUT2D eigenvalue weighted by Gasteiger charge is 2.14. The van der Waals surface area contributed by atoms with Crippen LogP contribution in [0.15, 0.2) is 35.7 Å². The topological polar surface area (TPSA) is 0 Å². The van der Waals surface area contributed by atoms with Crippen LogP contribution in [-0.2, 0) is 0 Å². The summed E-state index contributed by atoms with van der Waals surface area (Å²) < 4.78 is 0. The Hall–Kier alpha value is -0.500. The Bertz CT molecular complexity index is 449. The fraction of sp³-hybridized carbons (Fsp3) is 0.167. The third-order valence-electron chi connectivity index (χ3n) is 2.31. The maximum Gasteiger partial charge on any atom is 0.0930 e. The van der Waals surface area contributed by atoms with E-state index in [1.807, 2.05) is 35.7 Å². The average Bonchev–Trinajstić information content (AvgIpc) is 2.74. The Labute approximate surface area is 103 Å². The van der Waals surface area contributed by atoms with E-state index in [-0.39, 0.29) is 5.38 Å². The summed E-state index contributed by atoms with van der Waals surface area (Å²) in [6.45, 7) is 2.05. The molecule has 15 heavy (non-hydrogen) atoms. The van der Waals surface area contributed by atoms with Crippen LogP contribution in [0.3, 0.4) is 0 Å². The lowest BCUT2D eigenvalue weighted by molar-refractivity contribution is 1.15. The molecule has 3 heteroatoms. The van der Waals surface area contributed by atoms with Gasteiger partial charge in [0.15, 0.2) is 0 Å². The van der Waals surface area contributed by atoms with Gasteiger partial charge in [0, 0.05) is 9.90 Å². The molecule has 0 amide bonds. The highest BCUT2D eigenvalue weighted by molar-refractivity contribution is 7.10. The molecule has 0 aliphatic rings. The number of hydrogen-bond acceptors (Lipinski definition) is 1. The molecule has 1 unspecified atom stereocenters. The summed E-state index contributed by atoms with van der Waals surface area (Å²) in [6, 6.07) is 9.88. The molecule has 1 heterocycles. The number of halogens is 2. The van der Waals surface area contributed by atoms with Gasteiger partial charge in [0.05, 0.1) is 5.38 Å². The smallest absolute Gasteiger partial charge is 0.0930 e. The number of hydrogen-bond donors (Lipinski definition) is 0. The lowest BCUT2D eigenvalue weighted by atomic mass is 10.0. The first-order chi connectivity index (χ1) is 7.18. The minimum absolute atomic E-state index is 0.0938. The van der Waals surface area contributed by atoms with Crippen LogP contribution in [0.5, 0.6) is 0 Å². The SMILES string of the molecule is Cc1ccc(Cl)cc1C(Cl)c1cccs1. The van der Waals surface area contributed by atoms with Crippen LogP contribution < -0.4 is 0 Å². The van der Waals surface area contributed by atoms with Gasteiger partial charge in [-0.1, -0.05) is 23.7 Å². The zero-order valence-corrected chi connectivity index (χ0v) is 10.5. The van der Waals surface area contributed by atoms with Crippen LogP contribution in [0.4, 0.5) is 0 Å². The second-order valence-electron chi connectivity index (χ2n) is 3.38. The Morgan fingerprint density at radius 3 is 2.73 bits per heavy atom. The Kier molecular flexibility index (Phi) is 3.35. The van der Waals surface area contributed by atoms with Crippen molar-refractivity contribution in [2.75, 3.05) is 0 Å². The van der Waals surface area contributed by atoms with Gasteiger partial charge in [0.2, 0.25) is 0 Å². The standard InChI is InChI=1S/C12H10Cl2S/c1-8-4-5-9(13)7-10(8)12(14)11-3-2-6-15-11/h2-7,12H,1H3. The largest absolute Gasteiger partial charge is 0.147 e. The summed E-state index contributed by atoms with van der Waals surface area (Å²) >= 11 is 14.0. The number of rotatable bonds is 2. The van der Waals surface area contributed by atoms with E-state index in [1.165, 1.54) is 5.56 Å². The summed E-state index contributed by atoms with van der Waals surface area (Å²) in [5.74, 6) is 0. The third-order valence-corrected chi connectivity index (χ3v) is 4.08. The van der Waals surface area contributed by atoms with Crippen LogP contribution in [0.25, 0.3) is 0 Å². The van der Waals surface area contributed by atoms with Gasteiger partial charge < -0.3 is 0 Å². The predicted molar refractivity (Wildman–Crippen MR) is 68.2 cm³/mol. The van der Waals surface area contributed by atoms with E-state index in [9.17, 15) is 0 Å². The van der Waals surface area contributed by atoms with E-state index in [0.717, 1.165) is 15.5 Å². The van der Waals surface area contributed by atoms with Crippen molar-refractivity contribution in [3.63, 3.8) is 0 Å². The van der Waals surface area contributed by atoms with Crippen molar-refractivity contribution in [3.05, 3.63) is 56.7 Å². The van der Waals surface area contributed by atoms with Crippen molar-refractivity contribution in [1.82, 2.24) is 0 Å². The quantitative estimate of drug-likeness (QED) is 0.661. The molecule has 0 radical (unpaired) electrons. The first-order valence-corrected chi connectivity index (χ1v) is 6.31. The van der Waals surface area contributed by atoms with Crippen molar-refractivity contribution >= 4 is 34.5 Å². The summed E-state index contributed by atoms with van der Waals surface area (Å²) in [5.41, 5.74) is 2.26. The molecule has 2 aromatic rings. The maximum absolute atomic E-state index is 6.40. The summed E-state index contributed by atoms with van der Waals surface area (Å²) in [4.78, 5) is 1.15. The van der Waals surface area contributed by atoms with E-state index in [0.29, 0.717) is 0 Å². The highest BCUT2D eigenvalue weighted by atomic mass is 35.5. The average molecular weight is 257 g/mol.